The van der Waals surface area contributed by atoms with Crippen LogP contribution in [0.25, 0.3) is 11.1 Å². The van der Waals surface area contributed by atoms with Crippen LogP contribution in [0.15, 0.2) is 84.0 Å². The Bertz CT molecular complexity index is 1010. The SMILES string of the molecule is O=C(COc1ccccc1-c1ccccc1)NN=C1CCCCc2ccccc21. The summed E-state index contributed by atoms with van der Waals surface area (Å²) in [5.41, 5.74) is 8.07. The van der Waals surface area contributed by atoms with Crippen molar-refractivity contribution in [1.82, 2.24) is 5.43 Å². The minimum absolute atomic E-state index is 0.0811. The molecule has 1 N–H and O–H groups in total. The third-order valence-electron chi connectivity index (χ3n) is 5.08. The maximum atomic E-state index is 12.4. The summed E-state index contributed by atoms with van der Waals surface area (Å²) in [6.45, 7) is -0.0811. The number of fused-ring (bicyclic) bond motifs is 1. The summed E-state index contributed by atoms with van der Waals surface area (Å²) < 4.78 is 5.81. The Hall–Kier alpha value is -3.40. The van der Waals surface area contributed by atoms with Gasteiger partial charge in [0.1, 0.15) is 5.75 Å². The Morgan fingerprint density at radius 2 is 1.52 bits per heavy atom. The second kappa shape index (κ2) is 9.20. The number of hydrogen-bond acceptors (Lipinski definition) is 3. The van der Waals surface area contributed by atoms with E-state index < -0.39 is 0 Å². The van der Waals surface area contributed by atoms with E-state index >= 15 is 0 Å². The number of para-hydroxylation sites is 1. The molecule has 0 radical (unpaired) electrons. The van der Waals surface area contributed by atoms with Crippen molar-refractivity contribution in [3.8, 4) is 16.9 Å². The van der Waals surface area contributed by atoms with Gasteiger partial charge in [-0.1, -0.05) is 72.8 Å². The number of rotatable bonds is 5. The Kier molecular flexibility index (Phi) is 6.01. The number of ether oxygens (including phenoxy) is 1. The van der Waals surface area contributed by atoms with Crippen molar-refractivity contribution < 1.29 is 9.53 Å². The molecular formula is C25H24N2O2. The van der Waals surface area contributed by atoms with E-state index in [-0.39, 0.29) is 12.5 Å². The van der Waals surface area contributed by atoms with Crippen molar-refractivity contribution in [2.45, 2.75) is 25.7 Å². The molecule has 0 heterocycles. The number of carbonyl (C=O) groups is 1. The molecule has 0 saturated heterocycles. The predicted octanol–water partition coefficient (Wildman–Crippen LogP) is 4.98. The van der Waals surface area contributed by atoms with Crippen molar-refractivity contribution in [3.63, 3.8) is 0 Å². The van der Waals surface area contributed by atoms with Crippen LogP contribution < -0.4 is 10.2 Å². The number of benzene rings is 3. The molecule has 0 spiro atoms. The highest BCUT2D eigenvalue weighted by molar-refractivity contribution is 6.02. The Labute approximate surface area is 171 Å². The topological polar surface area (TPSA) is 50.7 Å². The molecule has 1 amide bonds. The van der Waals surface area contributed by atoms with Gasteiger partial charge < -0.3 is 4.74 Å². The second-order valence-corrected chi connectivity index (χ2v) is 7.11. The van der Waals surface area contributed by atoms with Gasteiger partial charge in [0.25, 0.3) is 5.91 Å². The van der Waals surface area contributed by atoms with Crippen LogP contribution in [0.4, 0.5) is 0 Å². The Balaban J connectivity index is 1.43. The van der Waals surface area contributed by atoms with E-state index in [1.165, 1.54) is 5.56 Å². The van der Waals surface area contributed by atoms with E-state index in [1.54, 1.807) is 0 Å². The predicted molar refractivity (Wildman–Crippen MR) is 116 cm³/mol. The second-order valence-electron chi connectivity index (χ2n) is 7.11. The number of nitrogens with zero attached hydrogens (tertiary/aromatic N) is 1. The quantitative estimate of drug-likeness (QED) is 0.498. The van der Waals surface area contributed by atoms with Crippen LogP contribution in [-0.4, -0.2) is 18.2 Å². The Morgan fingerprint density at radius 1 is 0.828 bits per heavy atom. The third kappa shape index (κ3) is 4.72. The maximum absolute atomic E-state index is 12.4. The maximum Gasteiger partial charge on any atom is 0.277 e. The fourth-order valence-electron chi connectivity index (χ4n) is 3.63. The molecule has 0 fully saturated rings. The minimum atomic E-state index is -0.262. The summed E-state index contributed by atoms with van der Waals surface area (Å²) in [6.07, 6.45) is 4.14. The number of nitrogens with one attached hydrogen (secondary N) is 1. The smallest absolute Gasteiger partial charge is 0.277 e. The van der Waals surface area contributed by atoms with Crippen LogP contribution in [0.5, 0.6) is 5.75 Å². The van der Waals surface area contributed by atoms with Gasteiger partial charge in [-0.05, 0) is 42.9 Å². The molecule has 0 bridgehead atoms. The first kappa shape index (κ1) is 18.9. The van der Waals surface area contributed by atoms with Gasteiger partial charge in [-0.3, -0.25) is 4.79 Å². The molecule has 3 aromatic rings. The van der Waals surface area contributed by atoms with Gasteiger partial charge in [-0.15, -0.1) is 0 Å². The molecule has 146 valence electrons. The molecule has 1 aliphatic carbocycles. The van der Waals surface area contributed by atoms with Gasteiger partial charge >= 0.3 is 0 Å². The molecule has 4 nitrogen and oxygen atoms in total. The fourth-order valence-corrected chi connectivity index (χ4v) is 3.63. The fraction of sp³-hybridized carbons (Fsp3) is 0.200. The van der Waals surface area contributed by atoms with Gasteiger partial charge in [0, 0.05) is 11.1 Å². The van der Waals surface area contributed by atoms with Gasteiger partial charge in [-0.25, -0.2) is 5.43 Å². The number of aryl methyl sites for hydroxylation is 1. The summed E-state index contributed by atoms with van der Waals surface area (Å²) in [5, 5.41) is 4.41. The largest absolute Gasteiger partial charge is 0.483 e. The van der Waals surface area contributed by atoms with E-state index in [1.807, 2.05) is 60.7 Å². The van der Waals surface area contributed by atoms with Crippen LogP contribution in [0, 0.1) is 0 Å². The summed E-state index contributed by atoms with van der Waals surface area (Å²) >= 11 is 0. The molecule has 1 aliphatic rings. The van der Waals surface area contributed by atoms with E-state index in [4.69, 9.17) is 4.74 Å². The van der Waals surface area contributed by atoms with Crippen LogP contribution in [-0.2, 0) is 11.2 Å². The van der Waals surface area contributed by atoms with E-state index in [0.29, 0.717) is 5.75 Å². The first-order chi connectivity index (χ1) is 14.3. The van der Waals surface area contributed by atoms with Crippen molar-refractivity contribution >= 4 is 11.6 Å². The van der Waals surface area contributed by atoms with Crippen LogP contribution >= 0.6 is 0 Å². The van der Waals surface area contributed by atoms with Crippen LogP contribution in [0.1, 0.15) is 30.4 Å². The van der Waals surface area contributed by atoms with Crippen molar-refractivity contribution in [2.24, 2.45) is 5.10 Å². The van der Waals surface area contributed by atoms with Gasteiger partial charge in [0.05, 0.1) is 5.71 Å². The highest BCUT2D eigenvalue weighted by atomic mass is 16.5. The average molecular weight is 384 g/mol. The zero-order chi connectivity index (χ0) is 19.9. The first-order valence-corrected chi connectivity index (χ1v) is 10.0. The summed E-state index contributed by atoms with van der Waals surface area (Å²) in [4.78, 5) is 12.4. The van der Waals surface area contributed by atoms with Gasteiger partial charge in [0.2, 0.25) is 0 Å². The van der Waals surface area contributed by atoms with E-state index in [0.717, 1.165) is 48.1 Å². The average Bonchev–Trinajstić information content (AvgIpc) is 2.99. The van der Waals surface area contributed by atoms with Crippen molar-refractivity contribution in [1.29, 1.82) is 0 Å². The monoisotopic (exact) mass is 384 g/mol. The molecular weight excluding hydrogens is 360 g/mol. The molecule has 3 aromatic carbocycles. The van der Waals surface area contributed by atoms with Gasteiger partial charge in [0.15, 0.2) is 6.61 Å². The lowest BCUT2D eigenvalue weighted by Gasteiger charge is -2.11. The summed E-state index contributed by atoms with van der Waals surface area (Å²) in [5.74, 6) is 0.420. The molecule has 0 aliphatic heterocycles. The van der Waals surface area contributed by atoms with Gasteiger partial charge in [-0.2, -0.15) is 5.10 Å². The van der Waals surface area contributed by atoms with Crippen molar-refractivity contribution in [2.75, 3.05) is 6.61 Å². The molecule has 4 heteroatoms. The normalized spacial score (nSPS) is 14.7. The number of hydrazone groups is 1. The summed E-state index contributed by atoms with van der Waals surface area (Å²) in [6, 6.07) is 26.0. The molecule has 0 aromatic heterocycles. The zero-order valence-electron chi connectivity index (χ0n) is 16.3. The Morgan fingerprint density at radius 3 is 2.38 bits per heavy atom. The molecule has 0 atom stereocenters. The van der Waals surface area contributed by atoms with Crippen molar-refractivity contribution in [3.05, 3.63) is 90.0 Å². The van der Waals surface area contributed by atoms with E-state index in [2.05, 4.69) is 28.7 Å². The highest BCUT2D eigenvalue weighted by Gasteiger charge is 2.14. The molecule has 0 unspecified atom stereocenters. The molecule has 0 saturated carbocycles. The number of amides is 1. The summed E-state index contributed by atoms with van der Waals surface area (Å²) in [7, 11) is 0. The number of carbonyl (C=O) groups excluding carboxylic acids is 1. The molecule has 29 heavy (non-hydrogen) atoms. The lowest BCUT2D eigenvalue weighted by atomic mass is 10.0. The lowest BCUT2D eigenvalue weighted by Crippen LogP contribution is -2.26. The van der Waals surface area contributed by atoms with Crippen LogP contribution in [0.2, 0.25) is 0 Å². The standard InChI is InChI=1S/C25H24N2O2/c28-25(27-26-23-16-8-5-13-19-12-4-6-14-21(19)23)18-29-24-17-9-7-15-22(24)20-10-2-1-3-11-20/h1-4,6-7,9-12,14-15,17H,5,8,13,16,18H2,(H,27,28). The number of hydrogen-bond donors (Lipinski definition) is 1. The minimum Gasteiger partial charge on any atom is -0.483 e. The lowest BCUT2D eigenvalue weighted by molar-refractivity contribution is -0.123. The van der Waals surface area contributed by atoms with E-state index in [9.17, 15) is 4.79 Å². The van der Waals surface area contributed by atoms with Crippen LogP contribution in [0.3, 0.4) is 0 Å². The first-order valence-electron chi connectivity index (χ1n) is 10.0. The molecule has 4 rings (SSSR count). The highest BCUT2D eigenvalue weighted by Crippen LogP contribution is 2.29. The third-order valence-corrected chi connectivity index (χ3v) is 5.08. The zero-order valence-corrected chi connectivity index (χ0v) is 16.3.